The van der Waals surface area contributed by atoms with E-state index in [4.69, 9.17) is 5.11 Å². The molecule has 1 heterocycles. The summed E-state index contributed by atoms with van der Waals surface area (Å²) in [6.45, 7) is 0. The lowest BCUT2D eigenvalue weighted by molar-refractivity contribution is 0.0692. The lowest BCUT2D eigenvalue weighted by atomic mass is 10.2. The highest BCUT2D eigenvalue weighted by Gasteiger charge is 2.23. The molecule has 20 heavy (non-hydrogen) atoms. The molecular formula is C15H11FN2O2. The highest BCUT2D eigenvalue weighted by molar-refractivity contribution is 6.00. The van der Waals surface area contributed by atoms with E-state index < -0.39 is 12.1 Å². The number of halogens is 1. The number of hydrogen-bond acceptors (Lipinski definition) is 2. The second kappa shape index (κ2) is 4.77. The van der Waals surface area contributed by atoms with Crippen LogP contribution < -0.4 is 0 Å². The Hall–Kier alpha value is -2.69. The molecule has 0 aliphatic heterocycles. The number of nitrogens with zero attached hydrogens (tertiary/aromatic N) is 1. The van der Waals surface area contributed by atoms with Crippen molar-refractivity contribution in [3.05, 3.63) is 65.4 Å². The number of carbonyl (C=O) groups is 1. The molecule has 4 nitrogen and oxygen atoms in total. The average molecular weight is 270 g/mol. The Morgan fingerprint density at radius 1 is 1.20 bits per heavy atom. The molecular weight excluding hydrogens is 259 g/mol. The van der Waals surface area contributed by atoms with Crippen LogP contribution in [-0.4, -0.2) is 27.4 Å². The van der Waals surface area contributed by atoms with Gasteiger partial charge in [0.2, 0.25) is 0 Å². The molecule has 0 amide bonds. The monoisotopic (exact) mass is 270 g/mol. The normalized spacial score (nSPS) is 15.8. The predicted molar refractivity (Wildman–Crippen MR) is 73.3 cm³/mol. The van der Waals surface area contributed by atoms with Crippen LogP contribution in [-0.2, 0) is 0 Å². The number of nitrogens with one attached hydrogen (secondary N) is 1. The number of benzene rings is 1. The summed E-state index contributed by atoms with van der Waals surface area (Å²) in [5.41, 5.74) is 2.43. The summed E-state index contributed by atoms with van der Waals surface area (Å²) in [5, 5.41) is 15.6. The quantitative estimate of drug-likeness (QED) is 0.837. The fraction of sp³-hybridized carbons (Fsp3) is 0.0667. The van der Waals surface area contributed by atoms with E-state index in [-0.39, 0.29) is 5.69 Å². The molecule has 0 spiro atoms. The van der Waals surface area contributed by atoms with Crippen LogP contribution in [0.5, 0.6) is 0 Å². The summed E-state index contributed by atoms with van der Waals surface area (Å²) >= 11 is 0. The third-order valence-electron chi connectivity index (χ3n) is 3.19. The van der Waals surface area contributed by atoms with Crippen molar-refractivity contribution in [1.82, 2.24) is 10.2 Å². The van der Waals surface area contributed by atoms with E-state index in [9.17, 15) is 9.18 Å². The third-order valence-corrected chi connectivity index (χ3v) is 3.19. The van der Waals surface area contributed by atoms with Gasteiger partial charge in [0.05, 0.1) is 5.52 Å². The lowest BCUT2D eigenvalue weighted by Gasteiger charge is -1.92. The Kier molecular flexibility index (Phi) is 2.95. The Balaban J connectivity index is 0.000000131. The maximum atomic E-state index is 12.6. The van der Waals surface area contributed by atoms with Gasteiger partial charge in [-0.3, -0.25) is 5.10 Å². The van der Waals surface area contributed by atoms with Crippen LogP contribution in [0.4, 0.5) is 4.39 Å². The first-order valence-corrected chi connectivity index (χ1v) is 6.07. The average Bonchev–Trinajstić information content (AvgIpc) is 3.14. The van der Waals surface area contributed by atoms with Crippen molar-refractivity contribution in [3.8, 4) is 0 Å². The van der Waals surface area contributed by atoms with Gasteiger partial charge in [-0.2, -0.15) is 5.10 Å². The van der Waals surface area contributed by atoms with Gasteiger partial charge in [0.15, 0.2) is 11.9 Å². The molecule has 2 bridgehead atoms. The Morgan fingerprint density at radius 2 is 1.85 bits per heavy atom. The second-order valence-corrected chi connectivity index (χ2v) is 4.45. The molecule has 2 aliphatic rings. The van der Waals surface area contributed by atoms with E-state index in [1.54, 1.807) is 18.2 Å². The van der Waals surface area contributed by atoms with Crippen molar-refractivity contribution in [1.29, 1.82) is 0 Å². The topological polar surface area (TPSA) is 66.0 Å². The van der Waals surface area contributed by atoms with Crippen LogP contribution in [0.15, 0.2) is 59.7 Å². The minimum atomic E-state index is -1.01. The van der Waals surface area contributed by atoms with Gasteiger partial charge in [-0.05, 0) is 17.2 Å². The fourth-order valence-corrected chi connectivity index (χ4v) is 2.15. The zero-order valence-electron chi connectivity index (χ0n) is 10.4. The number of aromatic nitrogens is 2. The standard InChI is InChI=1S/C8H6N2O2.C7H5F/c11-8(12)7-5-3-1-2-4-6(5)9-10-7;8-7-5-1-2-6(7)4-3-5/h1-4H,(H,9,10)(H,11,12);1-4,7H. The number of alkyl halides is 1. The number of aromatic amines is 1. The van der Waals surface area contributed by atoms with Crippen molar-refractivity contribution >= 4 is 16.9 Å². The van der Waals surface area contributed by atoms with Gasteiger partial charge in [0.25, 0.3) is 0 Å². The van der Waals surface area contributed by atoms with Gasteiger partial charge in [0.1, 0.15) is 0 Å². The van der Waals surface area contributed by atoms with Crippen LogP contribution in [0.2, 0.25) is 0 Å². The van der Waals surface area contributed by atoms with Crippen molar-refractivity contribution < 1.29 is 14.3 Å². The molecule has 0 radical (unpaired) electrons. The number of hydrogen-bond donors (Lipinski definition) is 2. The molecule has 0 saturated carbocycles. The highest BCUT2D eigenvalue weighted by atomic mass is 19.1. The number of aromatic carboxylic acids is 1. The van der Waals surface area contributed by atoms with E-state index in [1.165, 1.54) is 0 Å². The molecule has 0 saturated heterocycles. The Morgan fingerprint density at radius 3 is 2.35 bits per heavy atom. The first-order chi connectivity index (χ1) is 9.66. The molecule has 1 aromatic carbocycles. The molecule has 0 unspecified atom stereocenters. The first kappa shape index (κ1) is 12.3. The predicted octanol–water partition coefficient (Wildman–Crippen LogP) is 3.02. The molecule has 4 rings (SSSR count). The van der Waals surface area contributed by atoms with Gasteiger partial charge >= 0.3 is 5.97 Å². The number of rotatable bonds is 1. The molecule has 2 N–H and O–H groups in total. The molecule has 1 aromatic heterocycles. The number of H-pyrrole nitrogens is 1. The number of allylic oxidation sites excluding steroid dienone is 6. The minimum Gasteiger partial charge on any atom is -0.476 e. The number of carboxylic acid groups (broad SMARTS) is 1. The number of fused-ring (bicyclic) bond motifs is 3. The van der Waals surface area contributed by atoms with Crippen molar-refractivity contribution in [2.24, 2.45) is 0 Å². The van der Waals surface area contributed by atoms with E-state index >= 15 is 0 Å². The molecule has 0 atom stereocenters. The molecule has 2 aromatic rings. The zero-order valence-corrected chi connectivity index (χ0v) is 10.4. The van der Waals surface area contributed by atoms with E-state index in [1.807, 2.05) is 30.4 Å². The van der Waals surface area contributed by atoms with E-state index in [0.29, 0.717) is 5.39 Å². The van der Waals surface area contributed by atoms with Gasteiger partial charge in [-0.1, -0.05) is 42.5 Å². The third kappa shape index (κ3) is 2.03. The summed E-state index contributed by atoms with van der Waals surface area (Å²) in [5.74, 6) is -1.01. The minimum absolute atomic E-state index is 0.0746. The first-order valence-electron chi connectivity index (χ1n) is 6.07. The van der Waals surface area contributed by atoms with Crippen LogP contribution in [0.3, 0.4) is 0 Å². The van der Waals surface area contributed by atoms with Crippen molar-refractivity contribution in [2.75, 3.05) is 0 Å². The Labute approximate surface area is 113 Å². The molecule has 2 aliphatic carbocycles. The van der Waals surface area contributed by atoms with Crippen molar-refractivity contribution in [3.63, 3.8) is 0 Å². The molecule has 5 heteroatoms. The van der Waals surface area contributed by atoms with Crippen LogP contribution in [0.1, 0.15) is 10.5 Å². The van der Waals surface area contributed by atoms with Gasteiger partial charge in [-0.15, -0.1) is 0 Å². The molecule has 100 valence electrons. The van der Waals surface area contributed by atoms with Crippen molar-refractivity contribution in [2.45, 2.75) is 6.17 Å². The summed E-state index contributed by atoms with van der Waals surface area (Å²) in [7, 11) is 0. The number of para-hydroxylation sites is 1. The van der Waals surface area contributed by atoms with Gasteiger partial charge < -0.3 is 5.11 Å². The second-order valence-electron chi connectivity index (χ2n) is 4.45. The zero-order chi connectivity index (χ0) is 14.1. The number of carboxylic acids is 1. The SMILES string of the molecule is FC1C2=CC=C1C=C2.O=C(O)c1n[nH]c2ccccc12. The van der Waals surface area contributed by atoms with Crippen LogP contribution in [0.25, 0.3) is 10.9 Å². The fourth-order valence-electron chi connectivity index (χ4n) is 2.15. The summed E-state index contributed by atoms with van der Waals surface area (Å²) in [4.78, 5) is 10.6. The Bertz CT molecular complexity index is 749. The summed E-state index contributed by atoms with van der Waals surface area (Å²) in [6.07, 6.45) is 6.48. The lowest BCUT2D eigenvalue weighted by Crippen LogP contribution is -1.96. The van der Waals surface area contributed by atoms with Gasteiger partial charge in [-0.25, -0.2) is 9.18 Å². The largest absolute Gasteiger partial charge is 0.476 e. The smallest absolute Gasteiger partial charge is 0.357 e. The summed E-state index contributed by atoms with van der Waals surface area (Å²) in [6, 6.07) is 7.12. The maximum Gasteiger partial charge on any atom is 0.357 e. The summed E-state index contributed by atoms with van der Waals surface area (Å²) < 4.78 is 12.6. The van der Waals surface area contributed by atoms with E-state index in [2.05, 4.69) is 10.2 Å². The van der Waals surface area contributed by atoms with E-state index in [0.717, 1.165) is 16.7 Å². The highest BCUT2D eigenvalue weighted by Crippen LogP contribution is 2.30. The van der Waals surface area contributed by atoms with Gasteiger partial charge in [0, 0.05) is 5.39 Å². The van der Waals surface area contributed by atoms with Crippen LogP contribution in [0, 0.1) is 0 Å². The maximum absolute atomic E-state index is 12.6. The van der Waals surface area contributed by atoms with Crippen LogP contribution >= 0.6 is 0 Å². The molecule has 0 fully saturated rings.